The van der Waals surface area contributed by atoms with E-state index in [-0.39, 0.29) is 11.8 Å². The average molecular weight is 281 g/mol. The molecule has 2 N–H and O–H groups in total. The van der Waals surface area contributed by atoms with Gasteiger partial charge in [-0.05, 0) is 51.8 Å². The van der Waals surface area contributed by atoms with Crippen molar-refractivity contribution in [2.75, 3.05) is 7.11 Å². The third-order valence-corrected chi connectivity index (χ3v) is 2.55. The molecular formula is C15H23NO4. The third kappa shape index (κ3) is 5.38. The number of hydrogen-bond acceptors (Lipinski definition) is 4. The number of phenolic OH excluding ortho intramolecular Hbond substituents is 1. The van der Waals surface area contributed by atoms with E-state index in [9.17, 15) is 9.90 Å². The number of rotatable bonds is 4. The lowest BCUT2D eigenvalue weighted by atomic mass is 10.1. The highest BCUT2D eigenvalue weighted by atomic mass is 16.6. The van der Waals surface area contributed by atoms with Gasteiger partial charge in [0, 0.05) is 6.04 Å². The van der Waals surface area contributed by atoms with Crippen LogP contribution in [-0.2, 0) is 11.2 Å². The van der Waals surface area contributed by atoms with Crippen molar-refractivity contribution in [2.24, 2.45) is 0 Å². The molecule has 0 fully saturated rings. The van der Waals surface area contributed by atoms with E-state index in [1.165, 1.54) is 7.11 Å². The van der Waals surface area contributed by atoms with E-state index in [0.29, 0.717) is 12.2 Å². The largest absolute Gasteiger partial charge is 0.504 e. The zero-order valence-electron chi connectivity index (χ0n) is 12.7. The molecule has 1 amide bonds. The third-order valence-electron chi connectivity index (χ3n) is 2.55. The van der Waals surface area contributed by atoms with E-state index in [4.69, 9.17) is 9.47 Å². The fourth-order valence-corrected chi connectivity index (χ4v) is 1.76. The van der Waals surface area contributed by atoms with Crippen LogP contribution < -0.4 is 10.1 Å². The second kappa shape index (κ2) is 6.50. The van der Waals surface area contributed by atoms with E-state index < -0.39 is 11.7 Å². The van der Waals surface area contributed by atoms with Gasteiger partial charge in [-0.25, -0.2) is 4.79 Å². The Morgan fingerprint density at radius 2 is 2.05 bits per heavy atom. The van der Waals surface area contributed by atoms with Gasteiger partial charge in [-0.1, -0.05) is 6.07 Å². The summed E-state index contributed by atoms with van der Waals surface area (Å²) in [5, 5.41) is 12.3. The topological polar surface area (TPSA) is 67.8 Å². The number of amides is 1. The molecular weight excluding hydrogens is 258 g/mol. The van der Waals surface area contributed by atoms with E-state index >= 15 is 0 Å². The van der Waals surface area contributed by atoms with Gasteiger partial charge in [0.1, 0.15) is 5.60 Å². The number of carbonyl (C=O) groups excluding carboxylic acids is 1. The average Bonchev–Trinajstić information content (AvgIpc) is 2.28. The van der Waals surface area contributed by atoms with Crippen LogP contribution in [-0.4, -0.2) is 30.0 Å². The predicted octanol–water partition coefficient (Wildman–Crippen LogP) is 2.86. The van der Waals surface area contributed by atoms with Crippen molar-refractivity contribution in [3.8, 4) is 11.5 Å². The summed E-state index contributed by atoms with van der Waals surface area (Å²) < 4.78 is 10.2. The number of benzene rings is 1. The maximum Gasteiger partial charge on any atom is 0.407 e. The Hall–Kier alpha value is -1.91. The SMILES string of the molecule is COc1cc(CC(C)NC(=O)OC(C)(C)C)ccc1O. The van der Waals surface area contributed by atoms with Crippen LogP contribution in [0.1, 0.15) is 33.3 Å². The quantitative estimate of drug-likeness (QED) is 0.890. The molecule has 0 aliphatic heterocycles. The molecule has 112 valence electrons. The molecule has 0 aliphatic rings. The van der Waals surface area contributed by atoms with Gasteiger partial charge in [0.2, 0.25) is 0 Å². The first kappa shape index (κ1) is 16.1. The highest BCUT2D eigenvalue weighted by Crippen LogP contribution is 2.26. The van der Waals surface area contributed by atoms with Crippen LogP contribution in [0.2, 0.25) is 0 Å². The smallest absolute Gasteiger partial charge is 0.407 e. The van der Waals surface area contributed by atoms with Crippen molar-refractivity contribution in [3.63, 3.8) is 0 Å². The molecule has 1 unspecified atom stereocenters. The van der Waals surface area contributed by atoms with Crippen LogP contribution in [0.3, 0.4) is 0 Å². The van der Waals surface area contributed by atoms with Crippen LogP contribution in [0.4, 0.5) is 4.79 Å². The number of methoxy groups -OCH3 is 1. The van der Waals surface area contributed by atoms with Gasteiger partial charge in [0.25, 0.3) is 0 Å². The Morgan fingerprint density at radius 3 is 2.60 bits per heavy atom. The Kier molecular flexibility index (Phi) is 5.25. The first-order valence-corrected chi connectivity index (χ1v) is 6.56. The minimum Gasteiger partial charge on any atom is -0.504 e. The number of ether oxygens (including phenoxy) is 2. The standard InChI is InChI=1S/C15H23NO4/c1-10(16-14(18)20-15(2,3)4)8-11-6-7-12(17)13(9-11)19-5/h6-7,9-10,17H,8H2,1-5H3,(H,16,18). The van der Waals surface area contributed by atoms with Crippen molar-refractivity contribution in [1.82, 2.24) is 5.32 Å². The number of nitrogens with one attached hydrogen (secondary N) is 1. The van der Waals surface area contributed by atoms with E-state index in [1.54, 1.807) is 18.2 Å². The van der Waals surface area contributed by atoms with E-state index in [0.717, 1.165) is 5.56 Å². The molecule has 0 saturated carbocycles. The van der Waals surface area contributed by atoms with Gasteiger partial charge in [0.15, 0.2) is 11.5 Å². The Morgan fingerprint density at radius 1 is 1.40 bits per heavy atom. The molecule has 0 heterocycles. The number of aromatic hydroxyl groups is 1. The zero-order valence-corrected chi connectivity index (χ0v) is 12.7. The van der Waals surface area contributed by atoms with E-state index in [1.807, 2.05) is 27.7 Å². The van der Waals surface area contributed by atoms with Crippen LogP contribution in [0.25, 0.3) is 0 Å². The van der Waals surface area contributed by atoms with Crippen molar-refractivity contribution in [3.05, 3.63) is 23.8 Å². The second-order valence-corrected chi connectivity index (χ2v) is 5.76. The molecule has 0 spiro atoms. The van der Waals surface area contributed by atoms with Crippen LogP contribution in [0.5, 0.6) is 11.5 Å². The summed E-state index contributed by atoms with van der Waals surface area (Å²) in [4.78, 5) is 11.6. The summed E-state index contributed by atoms with van der Waals surface area (Å²) in [6, 6.07) is 5.04. The lowest BCUT2D eigenvalue weighted by Gasteiger charge is -2.22. The second-order valence-electron chi connectivity index (χ2n) is 5.76. The summed E-state index contributed by atoms with van der Waals surface area (Å²) in [6.45, 7) is 7.36. The fraction of sp³-hybridized carbons (Fsp3) is 0.533. The highest BCUT2D eigenvalue weighted by Gasteiger charge is 2.18. The predicted molar refractivity (Wildman–Crippen MR) is 77.2 cm³/mol. The van der Waals surface area contributed by atoms with Crippen molar-refractivity contribution >= 4 is 6.09 Å². The minimum atomic E-state index is -0.508. The minimum absolute atomic E-state index is 0.0842. The number of phenols is 1. The summed E-state index contributed by atoms with van der Waals surface area (Å²) in [6.07, 6.45) is 0.186. The molecule has 20 heavy (non-hydrogen) atoms. The van der Waals surface area contributed by atoms with Gasteiger partial charge in [0.05, 0.1) is 7.11 Å². The molecule has 1 aromatic rings. The summed E-state index contributed by atoms with van der Waals surface area (Å²) in [5.41, 5.74) is 0.453. The van der Waals surface area contributed by atoms with Crippen LogP contribution >= 0.6 is 0 Å². The van der Waals surface area contributed by atoms with Crippen molar-refractivity contribution in [1.29, 1.82) is 0 Å². The first-order chi connectivity index (χ1) is 9.21. The molecule has 0 bridgehead atoms. The lowest BCUT2D eigenvalue weighted by molar-refractivity contribution is 0.0508. The Labute approximate surface area is 119 Å². The maximum atomic E-state index is 11.6. The molecule has 1 rings (SSSR count). The normalized spacial score (nSPS) is 12.7. The van der Waals surface area contributed by atoms with Crippen LogP contribution in [0.15, 0.2) is 18.2 Å². The van der Waals surface area contributed by atoms with Gasteiger partial charge in [-0.15, -0.1) is 0 Å². The number of hydrogen-bond donors (Lipinski definition) is 2. The lowest BCUT2D eigenvalue weighted by Crippen LogP contribution is -2.38. The molecule has 0 saturated heterocycles. The zero-order chi connectivity index (χ0) is 15.3. The van der Waals surface area contributed by atoms with E-state index in [2.05, 4.69) is 5.32 Å². The summed E-state index contributed by atoms with van der Waals surface area (Å²) >= 11 is 0. The highest BCUT2D eigenvalue weighted by molar-refractivity contribution is 5.68. The molecule has 1 atom stereocenters. The molecule has 0 radical (unpaired) electrons. The van der Waals surface area contributed by atoms with Crippen molar-refractivity contribution < 1.29 is 19.4 Å². The summed E-state index contributed by atoms with van der Waals surface area (Å²) in [7, 11) is 1.50. The number of carbonyl (C=O) groups is 1. The number of alkyl carbamates (subject to hydrolysis) is 1. The van der Waals surface area contributed by atoms with Gasteiger partial charge >= 0.3 is 6.09 Å². The first-order valence-electron chi connectivity index (χ1n) is 6.56. The van der Waals surface area contributed by atoms with Gasteiger partial charge in [-0.2, -0.15) is 0 Å². The Balaban J connectivity index is 2.58. The fourth-order valence-electron chi connectivity index (χ4n) is 1.76. The monoisotopic (exact) mass is 281 g/mol. The van der Waals surface area contributed by atoms with Gasteiger partial charge in [-0.3, -0.25) is 0 Å². The molecule has 1 aromatic carbocycles. The maximum absolute atomic E-state index is 11.6. The van der Waals surface area contributed by atoms with Crippen LogP contribution in [0, 0.1) is 0 Å². The van der Waals surface area contributed by atoms with Gasteiger partial charge < -0.3 is 19.9 Å². The van der Waals surface area contributed by atoms with Crippen molar-refractivity contribution in [2.45, 2.75) is 45.8 Å². The molecule has 5 heteroatoms. The molecule has 5 nitrogen and oxygen atoms in total. The molecule has 0 aliphatic carbocycles. The molecule has 0 aromatic heterocycles. The Bertz CT molecular complexity index is 465. The summed E-state index contributed by atoms with van der Waals surface area (Å²) in [5.74, 6) is 0.524.